The van der Waals surface area contributed by atoms with Crippen molar-refractivity contribution >= 4 is 0 Å². The summed E-state index contributed by atoms with van der Waals surface area (Å²) in [4.78, 5) is 0. The fourth-order valence-corrected chi connectivity index (χ4v) is 1.49. The highest BCUT2D eigenvalue weighted by Crippen LogP contribution is 2.27. The Morgan fingerprint density at radius 1 is 1.42 bits per heavy atom. The van der Waals surface area contributed by atoms with Crippen LogP contribution in [0, 0.1) is 11.8 Å². The molecule has 1 unspecified atom stereocenters. The zero-order valence-electron chi connectivity index (χ0n) is 8.34. The first-order valence-corrected chi connectivity index (χ1v) is 5.15. The van der Waals surface area contributed by atoms with Crippen LogP contribution in [0.25, 0.3) is 0 Å². The molecule has 1 aliphatic rings. The molecule has 2 heteroatoms. The molecule has 0 radical (unpaired) electrons. The maximum Gasteiger partial charge on any atom is 0.0192 e. The maximum atomic E-state index is 5.67. The highest BCUT2D eigenvalue weighted by Gasteiger charge is 2.21. The molecule has 0 spiro atoms. The molecule has 0 heterocycles. The highest BCUT2D eigenvalue weighted by atomic mass is 14.9. The quantitative estimate of drug-likeness (QED) is 0.631. The van der Waals surface area contributed by atoms with Gasteiger partial charge in [-0.25, -0.2) is 0 Å². The Morgan fingerprint density at radius 2 is 2.08 bits per heavy atom. The van der Waals surface area contributed by atoms with Crippen LogP contribution >= 0.6 is 0 Å². The van der Waals surface area contributed by atoms with Gasteiger partial charge < -0.3 is 11.1 Å². The van der Waals surface area contributed by atoms with Crippen LogP contribution in [-0.4, -0.2) is 19.1 Å². The minimum absolute atomic E-state index is 0.547. The van der Waals surface area contributed by atoms with Crippen molar-refractivity contribution in [3.63, 3.8) is 0 Å². The summed E-state index contributed by atoms with van der Waals surface area (Å²) in [5.74, 6) is 1.72. The van der Waals surface area contributed by atoms with Gasteiger partial charge in [0.25, 0.3) is 0 Å². The molecule has 1 saturated carbocycles. The molecule has 0 saturated heterocycles. The van der Waals surface area contributed by atoms with Crippen molar-refractivity contribution in [1.82, 2.24) is 5.32 Å². The molecule has 1 rings (SSSR count). The average Bonchev–Trinajstić information content (AvgIpc) is 2.80. The summed E-state index contributed by atoms with van der Waals surface area (Å²) >= 11 is 0. The first-order chi connectivity index (χ1) is 5.72. The van der Waals surface area contributed by atoms with E-state index in [-0.39, 0.29) is 0 Å². The SMILES string of the molecule is CC(C)CC(CN)NCC1CC1. The zero-order chi connectivity index (χ0) is 8.97. The van der Waals surface area contributed by atoms with E-state index in [1.807, 2.05) is 0 Å². The summed E-state index contributed by atoms with van der Waals surface area (Å²) in [5.41, 5.74) is 5.67. The Bertz CT molecular complexity index is 119. The van der Waals surface area contributed by atoms with E-state index in [1.54, 1.807) is 0 Å². The number of hydrogen-bond donors (Lipinski definition) is 2. The van der Waals surface area contributed by atoms with Crippen LogP contribution in [0.1, 0.15) is 33.1 Å². The Labute approximate surface area is 75.9 Å². The standard InChI is InChI=1S/C10H22N2/c1-8(2)5-10(6-11)12-7-9-3-4-9/h8-10,12H,3-7,11H2,1-2H3. The van der Waals surface area contributed by atoms with E-state index in [9.17, 15) is 0 Å². The third-order valence-electron chi connectivity index (χ3n) is 2.43. The Kier molecular flexibility index (Phi) is 4.02. The van der Waals surface area contributed by atoms with Crippen molar-refractivity contribution < 1.29 is 0 Å². The Hall–Kier alpha value is -0.0800. The summed E-state index contributed by atoms with van der Waals surface area (Å²) in [6, 6.07) is 0.547. The topological polar surface area (TPSA) is 38.0 Å². The molecule has 3 N–H and O–H groups in total. The lowest BCUT2D eigenvalue weighted by Crippen LogP contribution is -2.38. The predicted octanol–water partition coefficient (Wildman–Crippen LogP) is 1.36. The van der Waals surface area contributed by atoms with Crippen molar-refractivity contribution in [3.05, 3.63) is 0 Å². The van der Waals surface area contributed by atoms with E-state index in [0.29, 0.717) is 6.04 Å². The number of nitrogens with two attached hydrogens (primary N) is 1. The molecule has 0 aromatic rings. The maximum absolute atomic E-state index is 5.67. The van der Waals surface area contributed by atoms with Crippen LogP contribution in [0.2, 0.25) is 0 Å². The van der Waals surface area contributed by atoms with Crippen LogP contribution in [0.5, 0.6) is 0 Å². The van der Waals surface area contributed by atoms with Gasteiger partial charge in [0.2, 0.25) is 0 Å². The van der Waals surface area contributed by atoms with Gasteiger partial charge in [-0.15, -0.1) is 0 Å². The molecule has 1 aliphatic carbocycles. The van der Waals surface area contributed by atoms with Gasteiger partial charge >= 0.3 is 0 Å². The molecule has 12 heavy (non-hydrogen) atoms. The van der Waals surface area contributed by atoms with Gasteiger partial charge in [0.1, 0.15) is 0 Å². The van der Waals surface area contributed by atoms with E-state index in [4.69, 9.17) is 5.73 Å². The molecule has 2 nitrogen and oxygen atoms in total. The van der Waals surface area contributed by atoms with Gasteiger partial charge in [0.15, 0.2) is 0 Å². The molecule has 1 atom stereocenters. The van der Waals surface area contributed by atoms with Crippen LogP contribution in [0.15, 0.2) is 0 Å². The van der Waals surface area contributed by atoms with Gasteiger partial charge in [-0.1, -0.05) is 13.8 Å². The van der Waals surface area contributed by atoms with Crippen molar-refractivity contribution in [2.45, 2.75) is 39.2 Å². The van der Waals surface area contributed by atoms with Crippen molar-refractivity contribution in [2.24, 2.45) is 17.6 Å². The van der Waals surface area contributed by atoms with Gasteiger partial charge in [0.05, 0.1) is 0 Å². The van der Waals surface area contributed by atoms with Crippen molar-refractivity contribution in [3.8, 4) is 0 Å². The lowest BCUT2D eigenvalue weighted by Gasteiger charge is -2.18. The molecule has 0 aromatic carbocycles. The summed E-state index contributed by atoms with van der Waals surface area (Å²) < 4.78 is 0. The first-order valence-electron chi connectivity index (χ1n) is 5.15. The van der Waals surface area contributed by atoms with Gasteiger partial charge in [-0.2, -0.15) is 0 Å². The Balaban J connectivity index is 2.06. The third kappa shape index (κ3) is 4.07. The van der Waals surface area contributed by atoms with Crippen molar-refractivity contribution in [2.75, 3.05) is 13.1 Å². The molecule has 0 bridgehead atoms. The predicted molar refractivity (Wildman–Crippen MR) is 53.0 cm³/mol. The van der Waals surface area contributed by atoms with E-state index < -0.39 is 0 Å². The second-order valence-corrected chi connectivity index (χ2v) is 4.41. The van der Waals surface area contributed by atoms with E-state index in [2.05, 4.69) is 19.2 Å². The molecule has 0 aromatic heterocycles. The van der Waals surface area contributed by atoms with Crippen molar-refractivity contribution in [1.29, 1.82) is 0 Å². The number of nitrogens with one attached hydrogen (secondary N) is 1. The fourth-order valence-electron chi connectivity index (χ4n) is 1.49. The minimum atomic E-state index is 0.547. The minimum Gasteiger partial charge on any atom is -0.329 e. The average molecular weight is 170 g/mol. The van der Waals surface area contributed by atoms with Gasteiger partial charge in [-0.3, -0.25) is 0 Å². The second kappa shape index (κ2) is 4.83. The van der Waals surface area contributed by atoms with E-state index in [1.165, 1.54) is 25.8 Å². The molecule has 0 amide bonds. The zero-order valence-corrected chi connectivity index (χ0v) is 8.34. The van der Waals surface area contributed by atoms with E-state index in [0.717, 1.165) is 18.4 Å². The molecule has 0 aliphatic heterocycles. The highest BCUT2D eigenvalue weighted by molar-refractivity contribution is 4.78. The van der Waals surface area contributed by atoms with E-state index >= 15 is 0 Å². The summed E-state index contributed by atoms with van der Waals surface area (Å²) in [7, 11) is 0. The summed E-state index contributed by atoms with van der Waals surface area (Å²) in [5, 5.41) is 3.54. The van der Waals surface area contributed by atoms with Crippen LogP contribution < -0.4 is 11.1 Å². The third-order valence-corrected chi connectivity index (χ3v) is 2.43. The number of rotatable bonds is 6. The van der Waals surface area contributed by atoms with Gasteiger partial charge in [0, 0.05) is 12.6 Å². The lowest BCUT2D eigenvalue weighted by atomic mass is 10.0. The number of hydrogen-bond acceptors (Lipinski definition) is 2. The molecule has 1 fully saturated rings. The molecular weight excluding hydrogens is 148 g/mol. The lowest BCUT2D eigenvalue weighted by molar-refractivity contribution is 0.417. The molecule has 72 valence electrons. The van der Waals surface area contributed by atoms with Crippen LogP contribution in [0.3, 0.4) is 0 Å². The largest absolute Gasteiger partial charge is 0.329 e. The molecular formula is C10H22N2. The smallest absolute Gasteiger partial charge is 0.0192 e. The monoisotopic (exact) mass is 170 g/mol. The summed E-state index contributed by atoms with van der Waals surface area (Å²) in [6.07, 6.45) is 4.06. The van der Waals surface area contributed by atoms with Crippen LogP contribution in [0.4, 0.5) is 0 Å². The summed E-state index contributed by atoms with van der Waals surface area (Å²) in [6.45, 7) is 6.47. The first kappa shape index (κ1) is 10.0. The normalized spacial score (nSPS) is 20.0. The fraction of sp³-hybridized carbons (Fsp3) is 1.00. The second-order valence-electron chi connectivity index (χ2n) is 4.41. The van der Waals surface area contributed by atoms with Crippen LogP contribution in [-0.2, 0) is 0 Å². The Morgan fingerprint density at radius 3 is 2.50 bits per heavy atom. The van der Waals surface area contributed by atoms with Gasteiger partial charge in [-0.05, 0) is 37.6 Å².